The standard InChI is InChI=1S/C15H15N3O2/c1-2-20-15(19)14-13(17-10-18-14)12(9-16)8-11-6-4-3-5-7-11/h3-7,10,12H,2,8H2,1H3,(H,17,18). The summed E-state index contributed by atoms with van der Waals surface area (Å²) in [5.74, 6) is -0.962. The second kappa shape index (κ2) is 6.53. The first-order valence-electron chi connectivity index (χ1n) is 6.40. The quantitative estimate of drug-likeness (QED) is 0.845. The van der Waals surface area contributed by atoms with Crippen molar-refractivity contribution in [3.8, 4) is 6.07 Å². The van der Waals surface area contributed by atoms with Crippen molar-refractivity contribution in [1.82, 2.24) is 9.97 Å². The topological polar surface area (TPSA) is 78.8 Å². The fourth-order valence-corrected chi connectivity index (χ4v) is 1.99. The van der Waals surface area contributed by atoms with Crippen LogP contribution in [0.3, 0.4) is 0 Å². The van der Waals surface area contributed by atoms with Gasteiger partial charge in [-0.3, -0.25) is 0 Å². The molecule has 1 N–H and O–H groups in total. The minimum absolute atomic E-state index is 0.189. The van der Waals surface area contributed by atoms with Crippen molar-refractivity contribution in [2.24, 2.45) is 0 Å². The lowest BCUT2D eigenvalue weighted by atomic mass is 9.96. The Labute approximate surface area is 117 Å². The lowest BCUT2D eigenvalue weighted by molar-refractivity contribution is 0.0518. The molecule has 102 valence electrons. The summed E-state index contributed by atoms with van der Waals surface area (Å²) in [5, 5.41) is 9.35. The molecule has 2 aromatic rings. The van der Waals surface area contributed by atoms with E-state index in [4.69, 9.17) is 4.74 Å². The van der Waals surface area contributed by atoms with Crippen LogP contribution in [0.15, 0.2) is 36.7 Å². The summed E-state index contributed by atoms with van der Waals surface area (Å²) in [6.07, 6.45) is 1.93. The number of imidazole rings is 1. The van der Waals surface area contributed by atoms with Crippen molar-refractivity contribution in [3.63, 3.8) is 0 Å². The molecule has 0 fully saturated rings. The lowest BCUT2D eigenvalue weighted by Crippen LogP contribution is -2.11. The third-order valence-electron chi connectivity index (χ3n) is 2.92. The maximum atomic E-state index is 11.8. The monoisotopic (exact) mass is 269 g/mol. The molecule has 1 heterocycles. The van der Waals surface area contributed by atoms with E-state index in [1.54, 1.807) is 6.92 Å². The molecule has 0 saturated carbocycles. The summed E-state index contributed by atoms with van der Waals surface area (Å²) in [6.45, 7) is 2.01. The molecule has 5 heteroatoms. The number of nitriles is 1. The molecule has 0 aliphatic rings. The van der Waals surface area contributed by atoms with Crippen LogP contribution in [0.1, 0.15) is 34.6 Å². The largest absolute Gasteiger partial charge is 0.461 e. The predicted octanol–water partition coefficient (Wildman–Crippen LogP) is 2.44. The lowest BCUT2D eigenvalue weighted by Gasteiger charge is -2.09. The fourth-order valence-electron chi connectivity index (χ4n) is 1.99. The summed E-state index contributed by atoms with van der Waals surface area (Å²) >= 11 is 0. The van der Waals surface area contributed by atoms with Gasteiger partial charge < -0.3 is 9.72 Å². The van der Waals surface area contributed by atoms with Gasteiger partial charge in [-0.15, -0.1) is 0 Å². The highest BCUT2D eigenvalue weighted by molar-refractivity contribution is 5.88. The molecule has 0 saturated heterocycles. The van der Waals surface area contributed by atoms with Gasteiger partial charge in [0.1, 0.15) is 0 Å². The molecule has 1 unspecified atom stereocenters. The summed E-state index contributed by atoms with van der Waals surface area (Å²) in [4.78, 5) is 18.6. The van der Waals surface area contributed by atoms with Crippen LogP contribution < -0.4 is 0 Å². The summed E-state index contributed by atoms with van der Waals surface area (Å²) in [6, 6.07) is 11.9. The highest BCUT2D eigenvalue weighted by Gasteiger charge is 2.23. The number of carbonyl (C=O) groups is 1. The normalized spacial score (nSPS) is 11.6. The first-order chi connectivity index (χ1) is 9.76. The molecule has 0 radical (unpaired) electrons. The van der Waals surface area contributed by atoms with Crippen molar-refractivity contribution < 1.29 is 9.53 Å². The van der Waals surface area contributed by atoms with Gasteiger partial charge in [0.15, 0.2) is 5.69 Å². The second-order valence-electron chi connectivity index (χ2n) is 4.26. The summed E-state index contributed by atoms with van der Waals surface area (Å²) in [7, 11) is 0. The van der Waals surface area contributed by atoms with E-state index in [9.17, 15) is 10.1 Å². The number of rotatable bonds is 5. The van der Waals surface area contributed by atoms with Gasteiger partial charge in [0, 0.05) is 0 Å². The van der Waals surface area contributed by atoms with Crippen molar-refractivity contribution in [1.29, 1.82) is 5.26 Å². The number of hydrogen-bond donors (Lipinski definition) is 1. The number of nitrogens with zero attached hydrogens (tertiary/aromatic N) is 2. The van der Waals surface area contributed by atoms with Gasteiger partial charge in [-0.1, -0.05) is 30.3 Å². The molecule has 5 nitrogen and oxygen atoms in total. The molecule has 0 spiro atoms. The minimum atomic E-state index is -0.503. The molecule has 1 atom stereocenters. The van der Waals surface area contributed by atoms with Crippen molar-refractivity contribution >= 4 is 5.97 Å². The highest BCUT2D eigenvalue weighted by atomic mass is 16.5. The Morgan fingerprint density at radius 3 is 2.85 bits per heavy atom. The van der Waals surface area contributed by atoms with E-state index in [0.717, 1.165) is 5.56 Å². The molecule has 20 heavy (non-hydrogen) atoms. The Hall–Kier alpha value is -2.61. The molecular weight excluding hydrogens is 254 g/mol. The van der Waals surface area contributed by atoms with E-state index in [-0.39, 0.29) is 12.3 Å². The Balaban J connectivity index is 2.23. The average molecular weight is 269 g/mol. The van der Waals surface area contributed by atoms with Crippen LogP contribution >= 0.6 is 0 Å². The molecule has 2 rings (SSSR count). The van der Waals surface area contributed by atoms with E-state index in [1.165, 1.54) is 6.33 Å². The Morgan fingerprint density at radius 2 is 2.20 bits per heavy atom. The fraction of sp³-hybridized carbons (Fsp3) is 0.267. The molecule has 0 amide bonds. The van der Waals surface area contributed by atoms with Gasteiger partial charge in [0.05, 0.1) is 30.6 Å². The maximum absolute atomic E-state index is 11.8. The number of aromatic amines is 1. The number of benzene rings is 1. The van der Waals surface area contributed by atoms with E-state index in [2.05, 4.69) is 16.0 Å². The van der Waals surface area contributed by atoms with Crippen LogP contribution in [-0.4, -0.2) is 22.5 Å². The van der Waals surface area contributed by atoms with Gasteiger partial charge in [-0.2, -0.15) is 5.26 Å². The third-order valence-corrected chi connectivity index (χ3v) is 2.92. The average Bonchev–Trinajstić information content (AvgIpc) is 2.95. The second-order valence-corrected chi connectivity index (χ2v) is 4.26. The van der Waals surface area contributed by atoms with Crippen LogP contribution in [-0.2, 0) is 11.2 Å². The number of carbonyl (C=O) groups excluding carboxylic acids is 1. The van der Waals surface area contributed by atoms with Gasteiger partial charge in [-0.05, 0) is 18.9 Å². The minimum Gasteiger partial charge on any atom is -0.461 e. The predicted molar refractivity (Wildman–Crippen MR) is 73.0 cm³/mol. The molecule has 0 aliphatic carbocycles. The first-order valence-corrected chi connectivity index (χ1v) is 6.40. The van der Waals surface area contributed by atoms with Crippen LogP contribution in [0.25, 0.3) is 0 Å². The molecule has 1 aromatic carbocycles. The zero-order valence-corrected chi connectivity index (χ0v) is 11.2. The third kappa shape index (κ3) is 3.04. The van der Waals surface area contributed by atoms with Crippen molar-refractivity contribution in [2.45, 2.75) is 19.3 Å². The molecule has 1 aromatic heterocycles. The smallest absolute Gasteiger partial charge is 0.358 e. The van der Waals surface area contributed by atoms with Crippen LogP contribution in [0, 0.1) is 11.3 Å². The van der Waals surface area contributed by atoms with Gasteiger partial charge >= 0.3 is 5.97 Å². The molecule has 0 aliphatic heterocycles. The van der Waals surface area contributed by atoms with Gasteiger partial charge in [0.2, 0.25) is 0 Å². The summed E-state index contributed by atoms with van der Waals surface area (Å²) in [5.41, 5.74) is 1.73. The summed E-state index contributed by atoms with van der Waals surface area (Å²) < 4.78 is 4.94. The molecular formula is C15H15N3O2. The number of esters is 1. The number of nitrogens with one attached hydrogen (secondary N) is 1. The number of aromatic nitrogens is 2. The Bertz CT molecular complexity index is 614. The maximum Gasteiger partial charge on any atom is 0.358 e. The highest BCUT2D eigenvalue weighted by Crippen LogP contribution is 2.21. The Morgan fingerprint density at radius 1 is 1.45 bits per heavy atom. The van der Waals surface area contributed by atoms with Crippen molar-refractivity contribution in [2.75, 3.05) is 6.61 Å². The SMILES string of the molecule is CCOC(=O)c1nc[nH]c1C(C#N)Cc1ccccc1. The van der Waals surface area contributed by atoms with Crippen molar-refractivity contribution in [3.05, 3.63) is 53.6 Å². The first kappa shape index (κ1) is 13.8. The molecule has 0 bridgehead atoms. The Kier molecular flexibility index (Phi) is 4.51. The number of H-pyrrole nitrogens is 1. The van der Waals surface area contributed by atoms with E-state index in [1.807, 2.05) is 30.3 Å². The van der Waals surface area contributed by atoms with E-state index < -0.39 is 11.9 Å². The number of ether oxygens (including phenoxy) is 1. The van der Waals surface area contributed by atoms with E-state index in [0.29, 0.717) is 12.1 Å². The van der Waals surface area contributed by atoms with E-state index >= 15 is 0 Å². The van der Waals surface area contributed by atoms with Crippen LogP contribution in [0.2, 0.25) is 0 Å². The number of hydrogen-bond acceptors (Lipinski definition) is 4. The van der Waals surface area contributed by atoms with Crippen LogP contribution in [0.5, 0.6) is 0 Å². The van der Waals surface area contributed by atoms with Gasteiger partial charge in [0.25, 0.3) is 0 Å². The van der Waals surface area contributed by atoms with Crippen LogP contribution in [0.4, 0.5) is 0 Å². The van der Waals surface area contributed by atoms with Gasteiger partial charge in [-0.25, -0.2) is 9.78 Å². The zero-order valence-electron chi connectivity index (χ0n) is 11.2. The zero-order chi connectivity index (χ0) is 14.4.